The van der Waals surface area contributed by atoms with E-state index in [9.17, 15) is 14.9 Å². The zero-order chi connectivity index (χ0) is 15.0. The van der Waals surface area contributed by atoms with Crippen molar-refractivity contribution in [3.8, 4) is 0 Å². The largest absolute Gasteiger partial charge is 0.334 e. The molecule has 2 aromatic rings. The lowest BCUT2D eigenvalue weighted by molar-refractivity contribution is -0.384. The predicted molar refractivity (Wildman–Crippen MR) is 74.4 cm³/mol. The maximum Gasteiger partial charge on any atom is 0.287 e. The van der Waals surface area contributed by atoms with Crippen LogP contribution in [0.25, 0.3) is 0 Å². The Morgan fingerprint density at radius 1 is 1.52 bits per heavy atom. The molecule has 0 aliphatic heterocycles. The lowest BCUT2D eigenvalue weighted by atomic mass is 10.4. The summed E-state index contributed by atoms with van der Waals surface area (Å²) in [6.45, 7) is 0. The average molecular weight is 308 g/mol. The van der Waals surface area contributed by atoms with E-state index in [1.807, 2.05) is 0 Å². The van der Waals surface area contributed by atoms with Crippen LogP contribution >= 0.6 is 11.6 Å². The third-order valence-electron chi connectivity index (χ3n) is 3.06. The molecule has 1 amide bonds. The normalized spacial score (nSPS) is 14.0. The minimum Gasteiger partial charge on any atom is -0.334 e. The molecule has 0 radical (unpaired) electrons. The molecule has 1 saturated carbocycles. The molecule has 0 unspecified atom stereocenters. The molecule has 2 heterocycles. The van der Waals surface area contributed by atoms with Gasteiger partial charge in [0.25, 0.3) is 11.6 Å². The van der Waals surface area contributed by atoms with Crippen LogP contribution in [0.15, 0.2) is 24.5 Å². The molecule has 1 fully saturated rings. The number of halogens is 1. The fourth-order valence-corrected chi connectivity index (χ4v) is 2.10. The first-order valence-electron chi connectivity index (χ1n) is 6.21. The number of nitrogens with zero attached hydrogens (tertiary/aromatic N) is 4. The van der Waals surface area contributed by atoms with Crippen molar-refractivity contribution in [2.45, 2.75) is 18.9 Å². The van der Waals surface area contributed by atoms with Crippen LogP contribution in [0, 0.1) is 10.1 Å². The molecule has 0 saturated heterocycles. The van der Waals surface area contributed by atoms with Gasteiger partial charge in [-0.2, -0.15) is 0 Å². The van der Waals surface area contributed by atoms with Gasteiger partial charge in [0.2, 0.25) is 5.95 Å². The summed E-state index contributed by atoms with van der Waals surface area (Å²) in [6.07, 6.45) is 4.60. The van der Waals surface area contributed by atoms with Crippen molar-refractivity contribution in [2.24, 2.45) is 0 Å². The number of hydrogen-bond acceptors (Lipinski definition) is 5. The van der Waals surface area contributed by atoms with E-state index in [1.54, 1.807) is 4.57 Å². The number of hydrogen-bond donors (Lipinski definition) is 1. The number of carbonyl (C=O) groups is 1. The van der Waals surface area contributed by atoms with Gasteiger partial charge in [-0.1, -0.05) is 11.6 Å². The molecule has 21 heavy (non-hydrogen) atoms. The zero-order valence-corrected chi connectivity index (χ0v) is 11.4. The van der Waals surface area contributed by atoms with E-state index in [0.29, 0.717) is 0 Å². The third-order valence-corrected chi connectivity index (χ3v) is 3.28. The van der Waals surface area contributed by atoms with Crippen LogP contribution < -0.4 is 5.32 Å². The van der Waals surface area contributed by atoms with Gasteiger partial charge in [-0.3, -0.25) is 20.2 Å². The van der Waals surface area contributed by atoms with Crippen LogP contribution in [-0.2, 0) is 0 Å². The molecule has 8 nitrogen and oxygen atoms in total. The maximum absolute atomic E-state index is 12.2. The summed E-state index contributed by atoms with van der Waals surface area (Å²) < 4.78 is 1.62. The molecule has 108 valence electrons. The van der Waals surface area contributed by atoms with Gasteiger partial charge < -0.3 is 4.57 Å². The highest BCUT2D eigenvalue weighted by Crippen LogP contribution is 2.38. The molecule has 0 aromatic carbocycles. The first kappa shape index (κ1) is 13.5. The Kier molecular flexibility index (Phi) is 3.30. The number of carbonyl (C=O) groups excluding carboxylic acids is 1. The highest BCUT2D eigenvalue weighted by molar-refractivity contribution is 6.29. The summed E-state index contributed by atoms with van der Waals surface area (Å²) in [4.78, 5) is 30.3. The van der Waals surface area contributed by atoms with Crippen LogP contribution in [-0.4, -0.2) is 25.4 Å². The van der Waals surface area contributed by atoms with Crippen molar-refractivity contribution >= 4 is 29.1 Å². The van der Waals surface area contributed by atoms with Gasteiger partial charge >= 0.3 is 0 Å². The molecule has 0 atom stereocenters. The van der Waals surface area contributed by atoms with Gasteiger partial charge in [-0.15, -0.1) is 0 Å². The quantitative estimate of drug-likeness (QED) is 0.531. The summed E-state index contributed by atoms with van der Waals surface area (Å²) in [5, 5.41) is 13.5. The lowest BCUT2D eigenvalue weighted by Crippen LogP contribution is -2.17. The summed E-state index contributed by atoms with van der Waals surface area (Å²) in [6, 6.07) is 2.87. The molecular weight excluding hydrogens is 298 g/mol. The number of anilines is 1. The molecule has 1 aliphatic carbocycles. The lowest BCUT2D eigenvalue weighted by Gasteiger charge is -2.06. The highest BCUT2D eigenvalue weighted by Gasteiger charge is 2.30. The number of nitrogens with one attached hydrogen (secondary N) is 1. The summed E-state index contributed by atoms with van der Waals surface area (Å²) in [5.74, 6) is -0.448. The van der Waals surface area contributed by atoms with Crippen molar-refractivity contribution < 1.29 is 9.72 Å². The SMILES string of the molecule is O=C(Nc1nccc(Cl)n1)c1cc([N+](=O)[O-])cn1C1CC1. The van der Waals surface area contributed by atoms with Crippen LogP contribution in [0.4, 0.5) is 11.6 Å². The fourth-order valence-electron chi connectivity index (χ4n) is 1.96. The standard InChI is InChI=1S/C12H10ClN5O3/c13-10-3-4-14-12(15-10)16-11(19)9-5-8(18(20)21)6-17(9)7-1-2-7/h3-7H,1-2H2,(H,14,15,16,19). The second-order valence-electron chi connectivity index (χ2n) is 4.64. The Bertz CT molecular complexity index is 725. The number of nitro groups is 1. The van der Waals surface area contributed by atoms with E-state index in [0.717, 1.165) is 12.8 Å². The van der Waals surface area contributed by atoms with Crippen molar-refractivity contribution in [1.82, 2.24) is 14.5 Å². The van der Waals surface area contributed by atoms with Crippen molar-refractivity contribution in [3.05, 3.63) is 45.5 Å². The molecule has 9 heteroatoms. The fraction of sp³-hybridized carbons (Fsp3) is 0.250. The van der Waals surface area contributed by atoms with Crippen LogP contribution in [0.5, 0.6) is 0 Å². The van der Waals surface area contributed by atoms with Crippen LogP contribution in [0.3, 0.4) is 0 Å². The highest BCUT2D eigenvalue weighted by atomic mass is 35.5. The minimum atomic E-state index is -0.522. The van der Waals surface area contributed by atoms with Gasteiger partial charge in [0.05, 0.1) is 11.1 Å². The van der Waals surface area contributed by atoms with E-state index in [-0.39, 0.29) is 28.5 Å². The number of amides is 1. The average Bonchev–Trinajstić information content (AvgIpc) is 3.17. The van der Waals surface area contributed by atoms with E-state index in [1.165, 1.54) is 24.5 Å². The Hall–Kier alpha value is -2.48. The van der Waals surface area contributed by atoms with Gasteiger partial charge in [-0.25, -0.2) is 9.97 Å². The first-order valence-corrected chi connectivity index (χ1v) is 6.58. The second kappa shape index (κ2) is 5.13. The topological polar surface area (TPSA) is 103 Å². The molecular formula is C12H10ClN5O3. The van der Waals surface area contributed by atoms with Gasteiger partial charge in [-0.05, 0) is 18.9 Å². The summed E-state index contributed by atoms with van der Waals surface area (Å²) in [5.41, 5.74) is 0.104. The third kappa shape index (κ3) is 2.84. The summed E-state index contributed by atoms with van der Waals surface area (Å²) in [7, 11) is 0. The molecule has 2 aromatic heterocycles. The van der Waals surface area contributed by atoms with E-state index in [2.05, 4.69) is 15.3 Å². The maximum atomic E-state index is 12.2. The molecule has 0 spiro atoms. The molecule has 0 bridgehead atoms. The first-order chi connectivity index (χ1) is 10.0. The Labute approximate surface area is 123 Å². The Morgan fingerprint density at radius 2 is 2.29 bits per heavy atom. The Balaban J connectivity index is 1.88. The molecule has 1 N–H and O–H groups in total. The van der Waals surface area contributed by atoms with Gasteiger partial charge in [0.15, 0.2) is 0 Å². The smallest absolute Gasteiger partial charge is 0.287 e. The molecule has 3 rings (SSSR count). The van der Waals surface area contributed by atoms with Crippen LogP contribution in [0.1, 0.15) is 29.4 Å². The number of aromatic nitrogens is 3. The van der Waals surface area contributed by atoms with Crippen molar-refractivity contribution in [2.75, 3.05) is 5.32 Å². The van der Waals surface area contributed by atoms with Crippen LogP contribution in [0.2, 0.25) is 5.15 Å². The van der Waals surface area contributed by atoms with Gasteiger partial charge in [0.1, 0.15) is 10.8 Å². The minimum absolute atomic E-state index is 0.0544. The van der Waals surface area contributed by atoms with Gasteiger partial charge in [0, 0.05) is 18.3 Å². The van der Waals surface area contributed by atoms with E-state index >= 15 is 0 Å². The Morgan fingerprint density at radius 3 is 2.90 bits per heavy atom. The van der Waals surface area contributed by atoms with E-state index in [4.69, 9.17) is 11.6 Å². The monoisotopic (exact) mass is 307 g/mol. The predicted octanol–water partition coefficient (Wildman–Crippen LogP) is 2.43. The summed E-state index contributed by atoms with van der Waals surface area (Å²) >= 11 is 5.71. The number of rotatable bonds is 4. The van der Waals surface area contributed by atoms with Crippen molar-refractivity contribution in [1.29, 1.82) is 0 Å². The second-order valence-corrected chi connectivity index (χ2v) is 5.02. The zero-order valence-electron chi connectivity index (χ0n) is 10.7. The van der Waals surface area contributed by atoms with Crippen molar-refractivity contribution in [3.63, 3.8) is 0 Å². The molecule has 1 aliphatic rings. The van der Waals surface area contributed by atoms with E-state index < -0.39 is 10.8 Å².